The molecule has 4 N–H and O–H groups in total. The molecule has 2 aromatic rings. The van der Waals surface area contributed by atoms with Gasteiger partial charge in [-0.05, 0) is 49.4 Å². The van der Waals surface area contributed by atoms with Crippen molar-refractivity contribution in [2.24, 2.45) is 10.7 Å². The summed E-state index contributed by atoms with van der Waals surface area (Å²) in [6, 6.07) is 15.0. The van der Waals surface area contributed by atoms with Crippen molar-refractivity contribution >= 4 is 24.1 Å². The summed E-state index contributed by atoms with van der Waals surface area (Å²) in [5.41, 5.74) is 9.44. The predicted molar refractivity (Wildman–Crippen MR) is 148 cm³/mol. The molecule has 1 fully saturated rings. The monoisotopic (exact) mass is 552 g/mol. The molecular weight excluding hydrogens is 516 g/mol. The number of benzene rings is 2. The summed E-state index contributed by atoms with van der Waals surface area (Å²) in [7, 11) is 0. The number of ether oxygens (including phenoxy) is 3. The van der Waals surface area contributed by atoms with Crippen LogP contribution in [0.25, 0.3) is 11.1 Å². The van der Waals surface area contributed by atoms with Gasteiger partial charge in [0, 0.05) is 25.5 Å². The summed E-state index contributed by atoms with van der Waals surface area (Å²) in [4.78, 5) is 41.9. The molecule has 0 unspecified atom stereocenters. The lowest BCUT2D eigenvalue weighted by Gasteiger charge is -2.22. The zero-order chi connectivity index (χ0) is 28.9. The van der Waals surface area contributed by atoms with E-state index in [0.29, 0.717) is 6.42 Å². The molecule has 1 aliphatic carbocycles. The number of nitrogens with two attached hydrogens (primary N) is 1. The van der Waals surface area contributed by atoms with Crippen LogP contribution >= 0.6 is 0 Å². The summed E-state index contributed by atoms with van der Waals surface area (Å²) in [5, 5.41) is 12.1. The first-order valence-corrected chi connectivity index (χ1v) is 13.3. The second kappa shape index (κ2) is 12.4. The molecule has 0 bridgehead atoms. The fraction of sp³-hybridized carbons (Fsp3) is 0.448. The Bertz CT molecular complexity index is 1230. The number of hydrogen-bond donors (Lipinski definition) is 3. The largest absolute Gasteiger partial charge is 0.480 e. The number of rotatable bonds is 8. The fourth-order valence-corrected chi connectivity index (χ4v) is 4.99. The lowest BCUT2D eigenvalue weighted by Crippen LogP contribution is -2.41. The Morgan fingerprint density at radius 1 is 1.07 bits per heavy atom. The second-order valence-electron chi connectivity index (χ2n) is 10.8. The Balaban J connectivity index is 1.26. The quantitative estimate of drug-likeness (QED) is 0.255. The molecule has 2 atom stereocenters. The highest BCUT2D eigenvalue weighted by molar-refractivity contribution is 5.93. The summed E-state index contributed by atoms with van der Waals surface area (Å²) in [6.45, 7) is 6.00. The van der Waals surface area contributed by atoms with Crippen LogP contribution in [0.2, 0.25) is 0 Å². The highest BCUT2D eigenvalue weighted by Crippen LogP contribution is 2.44. The Labute approximate surface area is 233 Å². The van der Waals surface area contributed by atoms with Crippen molar-refractivity contribution in [3.05, 3.63) is 59.7 Å². The van der Waals surface area contributed by atoms with Crippen molar-refractivity contribution in [1.82, 2.24) is 10.2 Å². The van der Waals surface area contributed by atoms with Gasteiger partial charge in [0.05, 0.1) is 12.6 Å². The van der Waals surface area contributed by atoms with Gasteiger partial charge in [-0.2, -0.15) is 0 Å². The Morgan fingerprint density at radius 3 is 2.30 bits per heavy atom. The van der Waals surface area contributed by atoms with Gasteiger partial charge in [-0.3, -0.25) is 15.2 Å². The average molecular weight is 553 g/mol. The molecule has 11 nitrogen and oxygen atoms in total. The van der Waals surface area contributed by atoms with Crippen LogP contribution in [-0.4, -0.2) is 78.2 Å². The van der Waals surface area contributed by atoms with E-state index in [0.717, 1.165) is 22.3 Å². The van der Waals surface area contributed by atoms with E-state index >= 15 is 0 Å². The first-order chi connectivity index (χ1) is 19.0. The average Bonchev–Trinajstić information content (AvgIpc) is 3.46. The predicted octanol–water partition coefficient (Wildman–Crippen LogP) is 3.71. The number of fused-ring (bicyclic) bond motifs is 3. The Hall–Kier alpha value is -4.12. The van der Waals surface area contributed by atoms with Gasteiger partial charge in [-0.25, -0.2) is 14.4 Å². The number of nitrogens with one attached hydrogen (secondary N) is 1. The van der Waals surface area contributed by atoms with E-state index < -0.39 is 35.9 Å². The van der Waals surface area contributed by atoms with Crippen molar-refractivity contribution < 1.29 is 33.7 Å². The molecule has 0 radical (unpaired) electrons. The SMILES string of the molecule is CC(C)(C)OC(=O)NC(N)=NCCCO[C@@H]1C[C@@H](C(=O)O)N(C(=O)OCC2c3ccccc3-c3ccccc32)C1. The Morgan fingerprint density at radius 2 is 1.70 bits per heavy atom. The van der Waals surface area contributed by atoms with Crippen LogP contribution in [0, 0.1) is 0 Å². The highest BCUT2D eigenvalue weighted by Gasteiger charge is 2.41. The molecule has 40 heavy (non-hydrogen) atoms. The third-order valence-electron chi connectivity index (χ3n) is 6.69. The molecule has 1 heterocycles. The molecule has 11 heteroatoms. The number of nitrogens with zero attached hydrogens (tertiary/aromatic N) is 2. The van der Waals surface area contributed by atoms with E-state index in [2.05, 4.69) is 22.4 Å². The minimum Gasteiger partial charge on any atom is -0.480 e. The van der Waals surface area contributed by atoms with E-state index in [1.54, 1.807) is 20.8 Å². The molecule has 4 rings (SSSR count). The third-order valence-corrected chi connectivity index (χ3v) is 6.69. The molecule has 0 spiro atoms. The van der Waals surface area contributed by atoms with Crippen LogP contribution in [0.5, 0.6) is 0 Å². The van der Waals surface area contributed by atoms with Gasteiger partial charge in [0.15, 0.2) is 5.96 Å². The van der Waals surface area contributed by atoms with Crippen molar-refractivity contribution in [1.29, 1.82) is 0 Å². The van der Waals surface area contributed by atoms with Crippen molar-refractivity contribution in [2.45, 2.75) is 57.3 Å². The van der Waals surface area contributed by atoms with Crippen LogP contribution in [0.4, 0.5) is 9.59 Å². The van der Waals surface area contributed by atoms with Gasteiger partial charge >= 0.3 is 18.2 Å². The smallest absolute Gasteiger partial charge is 0.414 e. The lowest BCUT2D eigenvalue weighted by atomic mass is 9.98. The van der Waals surface area contributed by atoms with Crippen molar-refractivity contribution in [3.63, 3.8) is 0 Å². The molecule has 2 aromatic carbocycles. The maximum absolute atomic E-state index is 13.0. The second-order valence-corrected chi connectivity index (χ2v) is 10.8. The molecule has 2 amide bonds. The number of carbonyl (C=O) groups is 3. The van der Waals surface area contributed by atoms with E-state index in [-0.39, 0.29) is 44.6 Å². The number of guanidine groups is 1. The zero-order valence-corrected chi connectivity index (χ0v) is 23.0. The first kappa shape index (κ1) is 28.9. The van der Waals surface area contributed by atoms with Crippen LogP contribution in [0.1, 0.15) is 50.7 Å². The topological polar surface area (TPSA) is 153 Å². The standard InChI is InChI=1S/C29H36N4O7/c1-29(2,3)40-27(36)32-26(30)31-13-8-14-38-18-15-24(25(34)35)33(16-18)28(37)39-17-23-21-11-6-4-9-19(21)20-10-5-7-12-22(20)23/h4-7,9-12,18,23-24H,8,13-17H2,1-3H3,(H,34,35)(H3,30,31,32,36)/t18-,24+/m1/s1. The normalized spacial score (nSPS) is 18.7. The number of carboxylic acids is 1. The van der Waals surface area contributed by atoms with Gasteiger partial charge in [-0.15, -0.1) is 0 Å². The van der Waals surface area contributed by atoms with Gasteiger partial charge < -0.3 is 25.1 Å². The van der Waals surface area contributed by atoms with E-state index in [1.165, 1.54) is 4.90 Å². The number of likely N-dealkylation sites (tertiary alicyclic amines) is 1. The zero-order valence-electron chi connectivity index (χ0n) is 23.0. The third kappa shape index (κ3) is 7.09. The van der Waals surface area contributed by atoms with Gasteiger partial charge in [0.25, 0.3) is 0 Å². The number of aliphatic carboxylic acids is 1. The van der Waals surface area contributed by atoms with E-state index in [9.17, 15) is 19.5 Å². The lowest BCUT2D eigenvalue weighted by molar-refractivity contribution is -0.141. The molecular formula is C29H36N4O7. The van der Waals surface area contributed by atoms with Crippen LogP contribution in [0.15, 0.2) is 53.5 Å². The maximum Gasteiger partial charge on any atom is 0.414 e. The van der Waals surface area contributed by atoms with Crippen LogP contribution < -0.4 is 11.1 Å². The van der Waals surface area contributed by atoms with E-state index in [4.69, 9.17) is 19.9 Å². The molecule has 2 aliphatic rings. The minimum absolute atomic E-state index is 0.0671. The number of carboxylic acid groups (broad SMARTS) is 1. The number of alkyl carbamates (subject to hydrolysis) is 1. The first-order valence-electron chi connectivity index (χ1n) is 13.3. The van der Waals surface area contributed by atoms with Crippen LogP contribution in [-0.2, 0) is 19.0 Å². The van der Waals surface area contributed by atoms with Gasteiger partial charge in [-0.1, -0.05) is 48.5 Å². The summed E-state index contributed by atoms with van der Waals surface area (Å²) >= 11 is 0. The van der Waals surface area contributed by atoms with Gasteiger partial charge in [0.1, 0.15) is 18.2 Å². The number of hydrogen-bond acceptors (Lipinski definition) is 7. The van der Waals surface area contributed by atoms with Crippen molar-refractivity contribution in [2.75, 3.05) is 26.3 Å². The summed E-state index contributed by atoms with van der Waals surface area (Å²) < 4.78 is 16.6. The molecule has 0 aromatic heterocycles. The molecule has 1 aliphatic heterocycles. The fourth-order valence-electron chi connectivity index (χ4n) is 4.99. The van der Waals surface area contributed by atoms with Crippen LogP contribution in [0.3, 0.4) is 0 Å². The number of amides is 2. The molecule has 214 valence electrons. The number of carbonyl (C=O) groups excluding carboxylic acids is 2. The molecule has 0 saturated carbocycles. The number of aliphatic imine (C=N–C) groups is 1. The highest BCUT2D eigenvalue weighted by atomic mass is 16.6. The minimum atomic E-state index is -1.11. The Kier molecular flexibility index (Phi) is 8.93. The van der Waals surface area contributed by atoms with E-state index in [1.807, 2.05) is 36.4 Å². The summed E-state index contributed by atoms with van der Waals surface area (Å²) in [5.74, 6) is -1.29. The maximum atomic E-state index is 13.0. The summed E-state index contributed by atoms with van der Waals surface area (Å²) in [6.07, 6.45) is -1.18. The van der Waals surface area contributed by atoms with Gasteiger partial charge in [0.2, 0.25) is 0 Å². The molecule has 1 saturated heterocycles. The van der Waals surface area contributed by atoms with Crippen molar-refractivity contribution in [3.8, 4) is 11.1 Å².